The molecule has 3 heterocycles. The maximum absolute atomic E-state index is 10.2. The minimum atomic E-state index is -0.476. The van der Waals surface area contributed by atoms with Crippen LogP contribution in [-0.2, 0) is 0 Å². The Hall–Kier alpha value is -1.47. The molecule has 0 bridgehead atoms. The van der Waals surface area contributed by atoms with E-state index in [4.69, 9.17) is 0 Å². The van der Waals surface area contributed by atoms with Crippen molar-refractivity contribution >= 4 is 21.7 Å². The number of rotatable bonds is 2. The lowest BCUT2D eigenvalue weighted by molar-refractivity contribution is 0.144. The third kappa shape index (κ3) is 2.23. The molecule has 19 heavy (non-hydrogen) atoms. The fourth-order valence-electron chi connectivity index (χ4n) is 2.34. The molecule has 1 aliphatic heterocycles. The van der Waals surface area contributed by atoms with Gasteiger partial charge in [-0.15, -0.1) is 5.10 Å². The molecule has 6 nitrogen and oxygen atoms in total. The lowest BCUT2D eigenvalue weighted by Gasteiger charge is -2.19. The highest BCUT2D eigenvalue weighted by Crippen LogP contribution is 2.32. The minimum Gasteiger partial charge on any atom is -0.389 e. The van der Waals surface area contributed by atoms with E-state index in [1.54, 1.807) is 23.3 Å². The highest BCUT2D eigenvalue weighted by atomic mass is 79.9. The summed E-state index contributed by atoms with van der Waals surface area (Å²) in [6, 6.07) is 1.87. The Morgan fingerprint density at radius 1 is 1.37 bits per heavy atom. The molecule has 0 amide bonds. The van der Waals surface area contributed by atoms with Crippen molar-refractivity contribution in [2.45, 2.75) is 19.1 Å². The lowest BCUT2D eigenvalue weighted by Crippen LogP contribution is -2.22. The largest absolute Gasteiger partial charge is 0.389 e. The molecule has 1 saturated heterocycles. The van der Waals surface area contributed by atoms with E-state index < -0.39 is 6.10 Å². The van der Waals surface area contributed by atoms with Gasteiger partial charge in [0.25, 0.3) is 0 Å². The summed E-state index contributed by atoms with van der Waals surface area (Å²) in [6.07, 6.45) is 4.70. The van der Waals surface area contributed by atoms with E-state index in [1.165, 1.54) is 0 Å². The van der Waals surface area contributed by atoms with E-state index in [-0.39, 0.29) is 6.04 Å². The fourth-order valence-corrected chi connectivity index (χ4v) is 2.83. The van der Waals surface area contributed by atoms with E-state index in [0.717, 1.165) is 15.9 Å². The summed E-state index contributed by atoms with van der Waals surface area (Å²) in [4.78, 5) is 6.46. The van der Waals surface area contributed by atoms with Gasteiger partial charge >= 0.3 is 0 Å². The molecule has 2 aromatic rings. The van der Waals surface area contributed by atoms with Crippen LogP contribution in [0.1, 0.15) is 11.6 Å². The van der Waals surface area contributed by atoms with E-state index in [1.807, 2.05) is 13.0 Å². The van der Waals surface area contributed by atoms with Crippen LogP contribution in [0.15, 0.2) is 29.1 Å². The molecule has 2 aromatic heterocycles. The van der Waals surface area contributed by atoms with Gasteiger partial charge in [-0.2, -0.15) is 0 Å². The molecule has 1 aliphatic rings. The zero-order chi connectivity index (χ0) is 13.4. The number of aryl methyl sites for hydroxylation is 1. The number of anilines is 1. The van der Waals surface area contributed by atoms with Crippen molar-refractivity contribution in [3.63, 3.8) is 0 Å². The van der Waals surface area contributed by atoms with Crippen LogP contribution in [0, 0.1) is 6.92 Å². The first-order valence-corrected chi connectivity index (χ1v) is 6.86. The number of aliphatic hydroxyl groups excluding tert-OH is 1. The molecule has 0 unspecified atom stereocenters. The van der Waals surface area contributed by atoms with Crippen LogP contribution in [0.2, 0.25) is 0 Å². The second-order valence-electron chi connectivity index (χ2n) is 4.69. The molecule has 0 radical (unpaired) electrons. The standard InChI is InChI=1S/C12H14BrN5O/c1-8-2-3-14-12(11(8)13)17-6-9(10(19)7-17)18-5-4-15-16-18/h2-5,9-10,19H,6-7H2,1H3/t9-,10-/m1/s1. The maximum Gasteiger partial charge on any atom is 0.143 e. The molecule has 0 saturated carbocycles. The predicted molar refractivity (Wildman–Crippen MR) is 74.0 cm³/mol. The monoisotopic (exact) mass is 323 g/mol. The van der Waals surface area contributed by atoms with Gasteiger partial charge in [0.05, 0.1) is 22.8 Å². The first kappa shape index (κ1) is 12.6. The number of β-amino-alcohol motifs (C(OH)–C–C–N with tert-alkyl or cyclic N) is 1. The predicted octanol–water partition coefficient (Wildman–Crippen LogP) is 1.17. The van der Waals surface area contributed by atoms with Gasteiger partial charge in [0.1, 0.15) is 5.82 Å². The Morgan fingerprint density at radius 2 is 2.21 bits per heavy atom. The summed E-state index contributed by atoms with van der Waals surface area (Å²) in [7, 11) is 0. The summed E-state index contributed by atoms with van der Waals surface area (Å²) < 4.78 is 2.68. The molecule has 3 rings (SSSR count). The van der Waals surface area contributed by atoms with Crippen molar-refractivity contribution in [2.75, 3.05) is 18.0 Å². The Bertz CT molecular complexity index is 574. The molecule has 7 heteroatoms. The molecular weight excluding hydrogens is 310 g/mol. The van der Waals surface area contributed by atoms with Gasteiger partial charge in [0, 0.05) is 25.5 Å². The van der Waals surface area contributed by atoms with Crippen molar-refractivity contribution in [1.82, 2.24) is 20.0 Å². The van der Waals surface area contributed by atoms with Gasteiger partial charge in [-0.25, -0.2) is 9.67 Å². The SMILES string of the molecule is Cc1ccnc(N2C[C@@H](O)[C@H](n3ccnn3)C2)c1Br. The Labute approximate surface area is 119 Å². The first-order chi connectivity index (χ1) is 9.16. The second-order valence-corrected chi connectivity index (χ2v) is 5.48. The average molecular weight is 324 g/mol. The number of hydrogen-bond donors (Lipinski definition) is 1. The molecule has 1 fully saturated rings. The highest BCUT2D eigenvalue weighted by molar-refractivity contribution is 9.10. The topological polar surface area (TPSA) is 67.1 Å². The summed E-state index contributed by atoms with van der Waals surface area (Å²) >= 11 is 3.56. The van der Waals surface area contributed by atoms with E-state index in [2.05, 4.69) is 36.1 Å². The molecule has 0 aromatic carbocycles. The molecule has 2 atom stereocenters. The number of halogens is 1. The lowest BCUT2D eigenvalue weighted by atomic mass is 10.2. The van der Waals surface area contributed by atoms with Crippen LogP contribution < -0.4 is 4.90 Å². The highest BCUT2D eigenvalue weighted by Gasteiger charge is 2.34. The summed E-state index contributed by atoms with van der Waals surface area (Å²) in [5.74, 6) is 0.863. The van der Waals surface area contributed by atoms with Crippen molar-refractivity contribution in [1.29, 1.82) is 0 Å². The Morgan fingerprint density at radius 3 is 2.95 bits per heavy atom. The Kier molecular flexibility index (Phi) is 3.24. The molecule has 0 spiro atoms. The normalized spacial score (nSPS) is 23.0. The zero-order valence-electron chi connectivity index (χ0n) is 10.4. The van der Waals surface area contributed by atoms with Crippen LogP contribution in [0.5, 0.6) is 0 Å². The first-order valence-electron chi connectivity index (χ1n) is 6.06. The van der Waals surface area contributed by atoms with Crippen molar-refractivity contribution in [3.05, 3.63) is 34.7 Å². The molecule has 1 N–H and O–H groups in total. The minimum absolute atomic E-state index is 0.0864. The van der Waals surface area contributed by atoms with Crippen molar-refractivity contribution in [3.8, 4) is 0 Å². The van der Waals surface area contributed by atoms with Gasteiger partial charge in [-0.05, 0) is 34.5 Å². The van der Waals surface area contributed by atoms with E-state index in [9.17, 15) is 5.11 Å². The van der Waals surface area contributed by atoms with Crippen molar-refractivity contribution < 1.29 is 5.11 Å². The van der Waals surface area contributed by atoms with Crippen LogP contribution in [0.3, 0.4) is 0 Å². The third-order valence-electron chi connectivity index (χ3n) is 3.40. The summed E-state index contributed by atoms with van der Waals surface area (Å²) in [5, 5.41) is 17.9. The van der Waals surface area contributed by atoms with Gasteiger partial charge in [-0.3, -0.25) is 0 Å². The van der Waals surface area contributed by atoms with E-state index in [0.29, 0.717) is 13.1 Å². The number of aliphatic hydroxyl groups is 1. The molecule has 0 aliphatic carbocycles. The molecule has 100 valence electrons. The number of nitrogens with zero attached hydrogens (tertiary/aromatic N) is 5. The second kappa shape index (κ2) is 4.90. The molecular formula is C12H14BrN5O. The smallest absolute Gasteiger partial charge is 0.143 e. The number of hydrogen-bond acceptors (Lipinski definition) is 5. The summed E-state index contributed by atoms with van der Waals surface area (Å²) in [5.41, 5.74) is 1.13. The van der Waals surface area contributed by atoms with Gasteiger partial charge in [0.15, 0.2) is 0 Å². The van der Waals surface area contributed by atoms with Crippen LogP contribution >= 0.6 is 15.9 Å². The van der Waals surface area contributed by atoms with Crippen LogP contribution in [0.25, 0.3) is 0 Å². The van der Waals surface area contributed by atoms with Crippen LogP contribution in [-0.4, -0.2) is 44.3 Å². The quantitative estimate of drug-likeness (QED) is 0.898. The van der Waals surface area contributed by atoms with Gasteiger partial charge < -0.3 is 10.0 Å². The van der Waals surface area contributed by atoms with Gasteiger partial charge in [-0.1, -0.05) is 5.21 Å². The number of aromatic nitrogens is 4. The fraction of sp³-hybridized carbons (Fsp3) is 0.417. The summed E-state index contributed by atoms with van der Waals surface area (Å²) in [6.45, 7) is 3.23. The zero-order valence-corrected chi connectivity index (χ0v) is 12.0. The van der Waals surface area contributed by atoms with Crippen molar-refractivity contribution in [2.24, 2.45) is 0 Å². The van der Waals surface area contributed by atoms with Crippen LogP contribution in [0.4, 0.5) is 5.82 Å². The van der Waals surface area contributed by atoms with Gasteiger partial charge in [0.2, 0.25) is 0 Å². The average Bonchev–Trinajstić information content (AvgIpc) is 3.01. The maximum atomic E-state index is 10.2. The Balaban J connectivity index is 1.87. The van der Waals surface area contributed by atoms with E-state index >= 15 is 0 Å². The third-order valence-corrected chi connectivity index (χ3v) is 4.38. The number of pyridine rings is 1.